The van der Waals surface area contributed by atoms with Crippen molar-refractivity contribution in [1.29, 1.82) is 0 Å². The van der Waals surface area contributed by atoms with Gasteiger partial charge >= 0.3 is 0 Å². The SMILES string of the molecule is CCCNC(Cc1cccnc1)c1cc(F)ccc1Cl. The normalized spacial score (nSPS) is 12.3. The quantitative estimate of drug-likeness (QED) is 0.865. The maximum atomic E-state index is 13.5. The molecule has 1 unspecified atom stereocenters. The van der Waals surface area contributed by atoms with Crippen LogP contribution in [-0.2, 0) is 6.42 Å². The molecule has 1 aromatic carbocycles. The van der Waals surface area contributed by atoms with Gasteiger partial charge in [-0.05, 0) is 54.8 Å². The molecule has 1 N–H and O–H groups in total. The lowest BCUT2D eigenvalue weighted by Crippen LogP contribution is -2.24. The zero-order valence-electron chi connectivity index (χ0n) is 11.4. The van der Waals surface area contributed by atoms with E-state index in [4.69, 9.17) is 11.6 Å². The minimum absolute atomic E-state index is 0.0117. The van der Waals surface area contributed by atoms with Crippen molar-refractivity contribution in [1.82, 2.24) is 10.3 Å². The molecule has 0 aliphatic rings. The van der Waals surface area contributed by atoms with E-state index in [0.717, 1.165) is 30.5 Å². The Balaban J connectivity index is 2.24. The third-order valence-electron chi connectivity index (χ3n) is 3.14. The van der Waals surface area contributed by atoms with Gasteiger partial charge in [-0.1, -0.05) is 24.6 Å². The highest BCUT2D eigenvalue weighted by Crippen LogP contribution is 2.26. The van der Waals surface area contributed by atoms with Crippen LogP contribution in [0.5, 0.6) is 0 Å². The molecular weight excluding hydrogens is 275 g/mol. The van der Waals surface area contributed by atoms with Gasteiger partial charge in [0.05, 0.1) is 0 Å². The van der Waals surface area contributed by atoms with Crippen molar-refractivity contribution >= 4 is 11.6 Å². The fourth-order valence-corrected chi connectivity index (χ4v) is 2.40. The van der Waals surface area contributed by atoms with Crippen LogP contribution in [0.15, 0.2) is 42.7 Å². The first-order chi connectivity index (χ1) is 9.70. The molecule has 0 amide bonds. The molecule has 0 saturated carbocycles. The lowest BCUT2D eigenvalue weighted by Gasteiger charge is -2.20. The average Bonchev–Trinajstić information content (AvgIpc) is 2.47. The summed E-state index contributed by atoms with van der Waals surface area (Å²) in [5, 5.41) is 4.01. The molecule has 0 aliphatic carbocycles. The topological polar surface area (TPSA) is 24.9 Å². The monoisotopic (exact) mass is 292 g/mol. The smallest absolute Gasteiger partial charge is 0.123 e. The van der Waals surface area contributed by atoms with Gasteiger partial charge in [-0.25, -0.2) is 4.39 Å². The summed E-state index contributed by atoms with van der Waals surface area (Å²) in [5.41, 5.74) is 1.89. The van der Waals surface area contributed by atoms with Gasteiger partial charge < -0.3 is 5.32 Å². The second-order valence-corrected chi connectivity index (χ2v) is 5.15. The standard InChI is InChI=1S/C16H18ClFN2/c1-2-7-20-16(9-12-4-3-8-19-11-12)14-10-13(18)5-6-15(14)17/h3-6,8,10-11,16,20H,2,7,9H2,1H3. The third kappa shape index (κ3) is 4.02. The lowest BCUT2D eigenvalue weighted by atomic mass is 9.99. The number of halogens is 2. The third-order valence-corrected chi connectivity index (χ3v) is 3.48. The molecule has 2 aromatic rings. The molecule has 1 atom stereocenters. The number of aromatic nitrogens is 1. The van der Waals surface area contributed by atoms with E-state index < -0.39 is 0 Å². The van der Waals surface area contributed by atoms with E-state index in [1.807, 2.05) is 18.3 Å². The van der Waals surface area contributed by atoms with E-state index in [9.17, 15) is 4.39 Å². The lowest BCUT2D eigenvalue weighted by molar-refractivity contribution is 0.524. The van der Waals surface area contributed by atoms with Gasteiger partial charge in [0, 0.05) is 23.5 Å². The summed E-state index contributed by atoms with van der Waals surface area (Å²) in [4.78, 5) is 4.12. The summed E-state index contributed by atoms with van der Waals surface area (Å²) >= 11 is 6.21. The first-order valence-corrected chi connectivity index (χ1v) is 7.15. The number of rotatable bonds is 6. The van der Waals surface area contributed by atoms with Crippen molar-refractivity contribution in [2.75, 3.05) is 6.54 Å². The second kappa shape index (κ2) is 7.36. The Bertz CT molecular complexity index is 545. The molecule has 20 heavy (non-hydrogen) atoms. The number of nitrogens with zero attached hydrogens (tertiary/aromatic N) is 1. The van der Waals surface area contributed by atoms with Crippen LogP contribution in [0.2, 0.25) is 5.02 Å². The predicted molar refractivity (Wildman–Crippen MR) is 80.4 cm³/mol. The second-order valence-electron chi connectivity index (χ2n) is 4.74. The van der Waals surface area contributed by atoms with Gasteiger partial charge in [0.25, 0.3) is 0 Å². The summed E-state index contributed by atoms with van der Waals surface area (Å²) in [5.74, 6) is -0.265. The number of pyridine rings is 1. The number of hydrogen-bond donors (Lipinski definition) is 1. The van der Waals surface area contributed by atoms with Crippen LogP contribution in [0.1, 0.15) is 30.5 Å². The Labute approximate surface area is 124 Å². The number of nitrogens with one attached hydrogen (secondary N) is 1. The first-order valence-electron chi connectivity index (χ1n) is 6.78. The van der Waals surface area contributed by atoms with E-state index in [2.05, 4.69) is 17.2 Å². The van der Waals surface area contributed by atoms with Crippen molar-refractivity contribution in [2.45, 2.75) is 25.8 Å². The largest absolute Gasteiger partial charge is 0.310 e. The van der Waals surface area contributed by atoms with E-state index in [0.29, 0.717) is 5.02 Å². The van der Waals surface area contributed by atoms with Gasteiger partial charge in [-0.3, -0.25) is 4.98 Å². The summed E-state index contributed by atoms with van der Waals surface area (Å²) in [7, 11) is 0. The van der Waals surface area contributed by atoms with Crippen LogP contribution in [-0.4, -0.2) is 11.5 Å². The van der Waals surface area contributed by atoms with Crippen molar-refractivity contribution in [3.63, 3.8) is 0 Å². The van der Waals surface area contributed by atoms with Crippen LogP contribution in [0.3, 0.4) is 0 Å². The zero-order valence-corrected chi connectivity index (χ0v) is 12.2. The molecule has 0 aliphatic heterocycles. The molecule has 1 heterocycles. The van der Waals surface area contributed by atoms with Crippen LogP contribution < -0.4 is 5.32 Å². The molecule has 0 fully saturated rings. The maximum absolute atomic E-state index is 13.5. The van der Waals surface area contributed by atoms with Gasteiger partial charge in [-0.15, -0.1) is 0 Å². The molecule has 0 spiro atoms. The summed E-state index contributed by atoms with van der Waals surface area (Å²) in [6, 6.07) is 8.40. The van der Waals surface area contributed by atoms with Crippen LogP contribution in [0.4, 0.5) is 4.39 Å². The van der Waals surface area contributed by atoms with E-state index in [1.165, 1.54) is 12.1 Å². The first kappa shape index (κ1) is 14.9. The Kier molecular flexibility index (Phi) is 5.50. The Hall–Kier alpha value is -1.45. The van der Waals surface area contributed by atoms with E-state index >= 15 is 0 Å². The molecule has 2 nitrogen and oxygen atoms in total. The highest BCUT2D eigenvalue weighted by atomic mass is 35.5. The van der Waals surface area contributed by atoms with Gasteiger partial charge in [0.1, 0.15) is 5.82 Å². The molecule has 0 radical (unpaired) electrons. The summed E-state index contributed by atoms with van der Waals surface area (Å²) in [6.45, 7) is 2.96. The van der Waals surface area contributed by atoms with Crippen molar-refractivity contribution in [2.24, 2.45) is 0 Å². The Morgan fingerprint density at radius 3 is 2.90 bits per heavy atom. The van der Waals surface area contributed by atoms with E-state index in [-0.39, 0.29) is 11.9 Å². The molecule has 4 heteroatoms. The molecule has 106 valence electrons. The van der Waals surface area contributed by atoms with Crippen LogP contribution in [0, 0.1) is 5.82 Å². The zero-order chi connectivity index (χ0) is 14.4. The molecular formula is C16H18ClFN2. The maximum Gasteiger partial charge on any atom is 0.123 e. The Morgan fingerprint density at radius 1 is 1.35 bits per heavy atom. The van der Waals surface area contributed by atoms with Crippen molar-refractivity contribution < 1.29 is 4.39 Å². The minimum Gasteiger partial charge on any atom is -0.310 e. The van der Waals surface area contributed by atoms with Gasteiger partial charge in [0.15, 0.2) is 0 Å². The Morgan fingerprint density at radius 2 is 2.20 bits per heavy atom. The molecule has 2 rings (SSSR count). The number of hydrogen-bond acceptors (Lipinski definition) is 2. The molecule has 0 saturated heterocycles. The number of benzene rings is 1. The fraction of sp³-hybridized carbons (Fsp3) is 0.312. The van der Waals surface area contributed by atoms with Crippen LogP contribution >= 0.6 is 11.6 Å². The van der Waals surface area contributed by atoms with Crippen LogP contribution in [0.25, 0.3) is 0 Å². The summed E-state index contributed by atoms with van der Waals surface area (Å²) in [6.07, 6.45) is 5.31. The predicted octanol–water partition coefficient (Wildman–Crippen LogP) is 4.16. The highest BCUT2D eigenvalue weighted by Gasteiger charge is 2.15. The molecule has 0 bridgehead atoms. The summed E-state index contributed by atoms with van der Waals surface area (Å²) < 4.78 is 13.5. The molecule has 1 aromatic heterocycles. The van der Waals surface area contributed by atoms with Gasteiger partial charge in [-0.2, -0.15) is 0 Å². The van der Waals surface area contributed by atoms with Crippen molar-refractivity contribution in [3.05, 3.63) is 64.7 Å². The highest BCUT2D eigenvalue weighted by molar-refractivity contribution is 6.31. The average molecular weight is 293 g/mol. The van der Waals surface area contributed by atoms with Gasteiger partial charge in [0.2, 0.25) is 0 Å². The van der Waals surface area contributed by atoms with Crippen molar-refractivity contribution in [3.8, 4) is 0 Å². The minimum atomic E-state index is -0.265. The fourth-order valence-electron chi connectivity index (χ4n) is 2.15. The van der Waals surface area contributed by atoms with E-state index in [1.54, 1.807) is 12.3 Å².